The molecule has 0 bridgehead atoms. The van der Waals surface area contributed by atoms with Crippen LogP contribution in [-0.2, 0) is 22.2 Å². The van der Waals surface area contributed by atoms with Crippen LogP contribution in [0.2, 0.25) is 0 Å². The van der Waals surface area contributed by atoms with Gasteiger partial charge in [0.15, 0.2) is 0 Å². The highest BCUT2D eigenvalue weighted by molar-refractivity contribution is 5.51. The molecule has 0 aromatic heterocycles. The number of carbonyl (C=O) groups excluding carboxylic acids is 1. The predicted molar refractivity (Wildman–Crippen MR) is 83.0 cm³/mol. The number of hydrogen-bond acceptors (Lipinski definition) is 2. The summed E-state index contributed by atoms with van der Waals surface area (Å²) in [4.78, 5) is 12.4. The first kappa shape index (κ1) is 16.5. The predicted octanol–water partition coefficient (Wildman–Crippen LogP) is 3.58. The van der Waals surface area contributed by atoms with E-state index in [1.165, 1.54) is 10.5 Å². The van der Waals surface area contributed by atoms with Crippen molar-refractivity contribution < 1.29 is 9.90 Å². The van der Waals surface area contributed by atoms with Gasteiger partial charge in [0.25, 0.3) is 0 Å². The van der Waals surface area contributed by atoms with Gasteiger partial charge in [-0.3, -0.25) is 4.79 Å². The van der Waals surface area contributed by atoms with E-state index in [9.17, 15) is 9.90 Å². The smallest absolute Gasteiger partial charge is 0.209 e. The molecule has 1 rings (SSSR count). The molecule has 0 saturated carbocycles. The molecule has 1 aromatic rings. The third-order valence-corrected chi connectivity index (χ3v) is 3.46. The average molecular weight is 277 g/mol. The Bertz CT molecular complexity index is 493. The standard InChI is InChI=1S/C17H27NO2/c1-16(2,3)13-8-12(10-18(7)11-19)15(20)14(9-13)17(4,5)6/h8-9,11,20H,10H2,1-7H3. The third-order valence-electron chi connectivity index (χ3n) is 3.46. The zero-order valence-corrected chi connectivity index (χ0v) is 13.7. The minimum atomic E-state index is -0.139. The molecule has 0 radical (unpaired) electrons. The van der Waals surface area contributed by atoms with E-state index in [0.717, 1.165) is 17.5 Å². The van der Waals surface area contributed by atoms with Gasteiger partial charge < -0.3 is 10.0 Å². The number of amides is 1. The van der Waals surface area contributed by atoms with Crippen molar-refractivity contribution in [1.82, 2.24) is 4.90 Å². The van der Waals surface area contributed by atoms with Gasteiger partial charge in [-0.15, -0.1) is 0 Å². The Kier molecular flexibility index (Phi) is 4.52. The van der Waals surface area contributed by atoms with Gasteiger partial charge in [0.05, 0.1) is 0 Å². The number of nitrogens with zero attached hydrogens (tertiary/aromatic N) is 1. The molecule has 0 saturated heterocycles. The van der Waals surface area contributed by atoms with Crippen LogP contribution in [0.15, 0.2) is 12.1 Å². The molecule has 1 N–H and O–H groups in total. The van der Waals surface area contributed by atoms with Crippen LogP contribution in [0, 0.1) is 0 Å². The average Bonchev–Trinajstić information content (AvgIpc) is 2.28. The Hall–Kier alpha value is -1.51. The lowest BCUT2D eigenvalue weighted by Gasteiger charge is -2.28. The van der Waals surface area contributed by atoms with Gasteiger partial charge in [0, 0.05) is 19.2 Å². The fraction of sp³-hybridized carbons (Fsp3) is 0.588. The first-order chi connectivity index (χ1) is 8.96. The van der Waals surface area contributed by atoms with Crippen molar-refractivity contribution in [1.29, 1.82) is 0 Å². The van der Waals surface area contributed by atoms with Gasteiger partial charge >= 0.3 is 0 Å². The summed E-state index contributed by atoms with van der Waals surface area (Å²) in [7, 11) is 1.72. The summed E-state index contributed by atoms with van der Waals surface area (Å²) < 4.78 is 0. The summed E-state index contributed by atoms with van der Waals surface area (Å²) in [6.45, 7) is 13.1. The number of hydrogen-bond donors (Lipinski definition) is 1. The molecule has 1 amide bonds. The fourth-order valence-corrected chi connectivity index (χ4v) is 2.13. The SMILES string of the molecule is CN(C=O)Cc1cc(C(C)(C)C)cc(C(C)(C)C)c1O. The number of aromatic hydroxyl groups is 1. The van der Waals surface area contributed by atoms with Crippen LogP contribution >= 0.6 is 0 Å². The molecule has 0 aliphatic carbocycles. The lowest BCUT2D eigenvalue weighted by atomic mass is 9.79. The van der Waals surface area contributed by atoms with E-state index in [4.69, 9.17) is 0 Å². The van der Waals surface area contributed by atoms with E-state index >= 15 is 0 Å². The number of phenolic OH excluding ortho intramolecular Hbond substituents is 1. The Morgan fingerprint density at radius 3 is 2.05 bits per heavy atom. The molecule has 3 heteroatoms. The van der Waals surface area contributed by atoms with Crippen LogP contribution in [0.1, 0.15) is 58.2 Å². The quantitative estimate of drug-likeness (QED) is 0.858. The minimum absolute atomic E-state index is 0.00218. The van der Waals surface area contributed by atoms with E-state index in [-0.39, 0.29) is 10.8 Å². The normalized spacial score (nSPS) is 12.3. The Morgan fingerprint density at radius 2 is 1.65 bits per heavy atom. The van der Waals surface area contributed by atoms with Crippen molar-refractivity contribution in [2.45, 2.75) is 58.9 Å². The van der Waals surface area contributed by atoms with Gasteiger partial charge in [0.2, 0.25) is 6.41 Å². The summed E-state index contributed by atoms with van der Waals surface area (Å²) in [5.41, 5.74) is 2.77. The van der Waals surface area contributed by atoms with Crippen molar-refractivity contribution in [3.8, 4) is 5.75 Å². The van der Waals surface area contributed by atoms with Crippen molar-refractivity contribution in [2.75, 3.05) is 7.05 Å². The van der Waals surface area contributed by atoms with Crippen LogP contribution in [0.25, 0.3) is 0 Å². The Labute approximate surface area is 122 Å². The van der Waals surface area contributed by atoms with Gasteiger partial charge in [-0.1, -0.05) is 47.6 Å². The molecule has 0 aliphatic rings. The molecule has 3 nitrogen and oxygen atoms in total. The summed E-state index contributed by atoms with van der Waals surface area (Å²) >= 11 is 0. The molecular weight excluding hydrogens is 250 g/mol. The first-order valence-electron chi connectivity index (χ1n) is 6.99. The maximum atomic E-state index is 10.8. The second-order valence-electron chi connectivity index (χ2n) is 7.55. The molecule has 112 valence electrons. The highest BCUT2D eigenvalue weighted by Gasteiger charge is 2.25. The number of carbonyl (C=O) groups is 1. The van der Waals surface area contributed by atoms with Crippen LogP contribution < -0.4 is 0 Å². The molecule has 0 fully saturated rings. The fourth-order valence-electron chi connectivity index (χ4n) is 2.13. The van der Waals surface area contributed by atoms with Crippen molar-refractivity contribution >= 4 is 6.41 Å². The second-order valence-corrected chi connectivity index (χ2v) is 7.55. The molecule has 20 heavy (non-hydrogen) atoms. The molecule has 0 aliphatic heterocycles. The van der Waals surface area contributed by atoms with Crippen molar-refractivity contribution in [3.63, 3.8) is 0 Å². The van der Waals surface area contributed by atoms with Crippen LogP contribution in [0.4, 0.5) is 0 Å². The minimum Gasteiger partial charge on any atom is -0.507 e. The summed E-state index contributed by atoms with van der Waals surface area (Å²) in [5.74, 6) is 0.305. The van der Waals surface area contributed by atoms with Gasteiger partial charge in [-0.25, -0.2) is 0 Å². The summed E-state index contributed by atoms with van der Waals surface area (Å²) in [6.07, 6.45) is 0.778. The molecular formula is C17H27NO2. The van der Waals surface area contributed by atoms with Crippen LogP contribution in [-0.4, -0.2) is 23.5 Å². The monoisotopic (exact) mass is 277 g/mol. The molecule has 0 atom stereocenters. The maximum Gasteiger partial charge on any atom is 0.209 e. The van der Waals surface area contributed by atoms with Crippen LogP contribution in [0.3, 0.4) is 0 Å². The van der Waals surface area contributed by atoms with Gasteiger partial charge in [-0.2, -0.15) is 0 Å². The number of phenols is 1. The molecule has 0 heterocycles. The Morgan fingerprint density at radius 1 is 1.10 bits per heavy atom. The van der Waals surface area contributed by atoms with E-state index in [0.29, 0.717) is 12.3 Å². The molecule has 0 spiro atoms. The number of rotatable bonds is 3. The van der Waals surface area contributed by atoms with E-state index in [1.807, 2.05) is 6.07 Å². The lowest BCUT2D eigenvalue weighted by molar-refractivity contribution is -0.117. The van der Waals surface area contributed by atoms with Crippen molar-refractivity contribution in [3.05, 3.63) is 28.8 Å². The summed E-state index contributed by atoms with van der Waals surface area (Å²) in [6, 6.07) is 4.09. The second kappa shape index (κ2) is 5.47. The van der Waals surface area contributed by atoms with E-state index in [1.54, 1.807) is 7.05 Å². The number of benzene rings is 1. The largest absolute Gasteiger partial charge is 0.507 e. The van der Waals surface area contributed by atoms with Gasteiger partial charge in [0.1, 0.15) is 5.75 Å². The first-order valence-corrected chi connectivity index (χ1v) is 6.99. The zero-order chi connectivity index (χ0) is 15.7. The van der Waals surface area contributed by atoms with E-state index < -0.39 is 0 Å². The Balaban J connectivity index is 3.47. The highest BCUT2D eigenvalue weighted by Crippen LogP contribution is 2.37. The molecule has 0 unspecified atom stereocenters. The zero-order valence-electron chi connectivity index (χ0n) is 13.7. The molecule has 1 aromatic carbocycles. The van der Waals surface area contributed by atoms with Crippen LogP contribution in [0.5, 0.6) is 5.75 Å². The van der Waals surface area contributed by atoms with Crippen molar-refractivity contribution in [2.24, 2.45) is 0 Å². The van der Waals surface area contributed by atoms with Gasteiger partial charge in [-0.05, 0) is 28.0 Å². The highest BCUT2D eigenvalue weighted by atomic mass is 16.3. The lowest BCUT2D eigenvalue weighted by Crippen LogP contribution is -2.20. The maximum absolute atomic E-state index is 10.8. The van der Waals surface area contributed by atoms with E-state index in [2.05, 4.69) is 47.6 Å². The third kappa shape index (κ3) is 3.75. The topological polar surface area (TPSA) is 40.5 Å². The summed E-state index contributed by atoms with van der Waals surface area (Å²) in [5, 5.41) is 10.5.